The van der Waals surface area contributed by atoms with Gasteiger partial charge in [0, 0.05) is 16.8 Å². The average Bonchev–Trinajstić information content (AvgIpc) is 2.82. The van der Waals surface area contributed by atoms with Crippen LogP contribution >= 0.6 is 15.9 Å². The van der Waals surface area contributed by atoms with Crippen molar-refractivity contribution in [3.8, 4) is 0 Å². The van der Waals surface area contributed by atoms with Crippen molar-refractivity contribution >= 4 is 38.4 Å². The number of anilines is 1. The Morgan fingerprint density at radius 3 is 2.86 bits per heavy atom. The minimum atomic E-state index is -0.236. The molecule has 3 rings (SSSR count). The van der Waals surface area contributed by atoms with Gasteiger partial charge in [-0.25, -0.2) is 4.98 Å². The van der Waals surface area contributed by atoms with Crippen LogP contribution in [0.25, 0.3) is 10.9 Å². The number of aryl methyl sites for hydroxylation is 2. The Kier molecular flexibility index (Phi) is 3.47. The topological polar surface area (TPSA) is 70.7 Å². The van der Waals surface area contributed by atoms with Gasteiger partial charge in [0.1, 0.15) is 10.3 Å². The maximum Gasteiger partial charge on any atom is 0.274 e. The Labute approximate surface area is 129 Å². The Morgan fingerprint density at radius 1 is 1.24 bits per heavy atom. The fourth-order valence-corrected chi connectivity index (χ4v) is 2.46. The molecular formula is C15H13BrN4O. The number of amides is 1. The van der Waals surface area contributed by atoms with Crippen LogP contribution < -0.4 is 5.32 Å². The van der Waals surface area contributed by atoms with E-state index in [4.69, 9.17) is 0 Å². The number of nitrogens with one attached hydrogen (secondary N) is 2. The Morgan fingerprint density at radius 2 is 2.05 bits per heavy atom. The van der Waals surface area contributed by atoms with Crippen LogP contribution in [-0.4, -0.2) is 21.1 Å². The van der Waals surface area contributed by atoms with Gasteiger partial charge in [-0.2, -0.15) is 5.10 Å². The molecule has 0 spiro atoms. The first-order chi connectivity index (χ1) is 10.0. The van der Waals surface area contributed by atoms with Crippen molar-refractivity contribution in [2.75, 3.05) is 5.32 Å². The highest BCUT2D eigenvalue weighted by molar-refractivity contribution is 9.10. The Hall–Kier alpha value is -2.21. The lowest BCUT2D eigenvalue weighted by Gasteiger charge is -2.07. The predicted octanol–water partition coefficient (Wildman–Crippen LogP) is 3.59. The van der Waals surface area contributed by atoms with Crippen LogP contribution in [0.5, 0.6) is 0 Å². The van der Waals surface area contributed by atoms with E-state index >= 15 is 0 Å². The summed E-state index contributed by atoms with van der Waals surface area (Å²) in [4.78, 5) is 16.5. The van der Waals surface area contributed by atoms with Gasteiger partial charge in [-0.15, -0.1) is 0 Å². The molecule has 6 heteroatoms. The minimum absolute atomic E-state index is 0.236. The lowest BCUT2D eigenvalue weighted by Crippen LogP contribution is -2.15. The molecule has 0 aliphatic carbocycles. The number of rotatable bonds is 2. The number of aromatic nitrogens is 3. The molecule has 0 unspecified atom stereocenters. The monoisotopic (exact) mass is 344 g/mol. The van der Waals surface area contributed by atoms with Crippen molar-refractivity contribution in [1.82, 2.24) is 15.2 Å². The number of H-pyrrole nitrogens is 1. The molecule has 21 heavy (non-hydrogen) atoms. The quantitative estimate of drug-likeness (QED) is 0.698. The molecule has 0 aliphatic heterocycles. The molecule has 0 radical (unpaired) electrons. The summed E-state index contributed by atoms with van der Waals surface area (Å²) < 4.78 is 0.636. The van der Waals surface area contributed by atoms with Crippen LogP contribution in [0.1, 0.15) is 21.7 Å². The van der Waals surface area contributed by atoms with Crippen molar-refractivity contribution in [2.24, 2.45) is 0 Å². The highest BCUT2D eigenvalue weighted by Gasteiger charge is 2.12. The normalized spacial score (nSPS) is 10.8. The second-order valence-electron chi connectivity index (χ2n) is 4.83. The molecule has 106 valence electrons. The molecule has 1 aromatic carbocycles. The third-order valence-electron chi connectivity index (χ3n) is 3.28. The highest BCUT2D eigenvalue weighted by Crippen LogP contribution is 2.20. The van der Waals surface area contributed by atoms with Gasteiger partial charge < -0.3 is 5.32 Å². The SMILES string of the molecule is Cc1ccc(Br)nc1C(=O)Nc1ccc2c(C)[nH]nc2c1. The molecule has 5 nitrogen and oxygen atoms in total. The standard InChI is InChI=1S/C15H13BrN4O/c1-8-3-6-13(16)18-14(8)15(21)17-10-4-5-11-9(2)19-20-12(11)7-10/h3-7H,1-2H3,(H,17,21)(H,19,20). The fourth-order valence-electron chi connectivity index (χ4n) is 2.15. The number of fused-ring (bicyclic) bond motifs is 1. The maximum absolute atomic E-state index is 12.3. The maximum atomic E-state index is 12.3. The number of nitrogens with zero attached hydrogens (tertiary/aromatic N) is 2. The van der Waals surface area contributed by atoms with E-state index in [1.165, 1.54) is 0 Å². The van der Waals surface area contributed by atoms with Crippen LogP contribution in [0.15, 0.2) is 34.9 Å². The lowest BCUT2D eigenvalue weighted by atomic mass is 10.2. The molecule has 0 fully saturated rings. The van der Waals surface area contributed by atoms with Crippen LogP contribution in [-0.2, 0) is 0 Å². The van der Waals surface area contributed by atoms with Crippen LogP contribution in [0.2, 0.25) is 0 Å². The summed E-state index contributed by atoms with van der Waals surface area (Å²) >= 11 is 3.28. The summed E-state index contributed by atoms with van der Waals surface area (Å²) in [6.07, 6.45) is 0. The van der Waals surface area contributed by atoms with E-state index in [0.29, 0.717) is 16.0 Å². The number of carbonyl (C=O) groups excluding carboxylic acids is 1. The van der Waals surface area contributed by atoms with Crippen molar-refractivity contribution in [3.63, 3.8) is 0 Å². The van der Waals surface area contributed by atoms with E-state index in [1.54, 1.807) is 0 Å². The van der Waals surface area contributed by atoms with Gasteiger partial charge in [0.2, 0.25) is 0 Å². The van der Waals surface area contributed by atoms with Gasteiger partial charge in [0.05, 0.1) is 5.52 Å². The molecule has 2 N–H and O–H groups in total. The van der Waals surface area contributed by atoms with Crippen LogP contribution in [0, 0.1) is 13.8 Å². The summed E-state index contributed by atoms with van der Waals surface area (Å²) in [6, 6.07) is 9.29. The smallest absolute Gasteiger partial charge is 0.274 e. The van der Waals surface area contributed by atoms with E-state index in [2.05, 4.69) is 36.4 Å². The zero-order valence-corrected chi connectivity index (χ0v) is 13.2. The first-order valence-corrected chi connectivity index (χ1v) is 7.23. The highest BCUT2D eigenvalue weighted by atomic mass is 79.9. The van der Waals surface area contributed by atoms with E-state index in [-0.39, 0.29) is 5.91 Å². The zero-order chi connectivity index (χ0) is 15.0. The predicted molar refractivity (Wildman–Crippen MR) is 85.5 cm³/mol. The fraction of sp³-hybridized carbons (Fsp3) is 0.133. The lowest BCUT2D eigenvalue weighted by molar-refractivity contribution is 0.102. The second-order valence-corrected chi connectivity index (χ2v) is 5.65. The molecule has 2 heterocycles. The van der Waals surface area contributed by atoms with Crippen LogP contribution in [0.4, 0.5) is 5.69 Å². The van der Waals surface area contributed by atoms with Crippen molar-refractivity contribution in [3.05, 3.63) is 51.9 Å². The summed E-state index contributed by atoms with van der Waals surface area (Å²) in [5.74, 6) is -0.236. The molecule has 3 aromatic rings. The van der Waals surface area contributed by atoms with Gasteiger partial charge in [-0.05, 0) is 59.6 Å². The average molecular weight is 345 g/mol. The molecule has 1 amide bonds. The summed E-state index contributed by atoms with van der Waals surface area (Å²) in [6.45, 7) is 3.82. The number of hydrogen-bond donors (Lipinski definition) is 2. The largest absolute Gasteiger partial charge is 0.321 e. The molecule has 2 aromatic heterocycles. The summed E-state index contributed by atoms with van der Waals surface area (Å²) in [5, 5.41) is 11.0. The van der Waals surface area contributed by atoms with Crippen molar-refractivity contribution in [2.45, 2.75) is 13.8 Å². The third kappa shape index (κ3) is 2.67. The van der Waals surface area contributed by atoms with E-state index in [1.807, 2.05) is 44.2 Å². The first-order valence-electron chi connectivity index (χ1n) is 6.44. The minimum Gasteiger partial charge on any atom is -0.321 e. The van der Waals surface area contributed by atoms with Crippen molar-refractivity contribution < 1.29 is 4.79 Å². The molecule has 0 atom stereocenters. The number of halogens is 1. The van der Waals surface area contributed by atoms with E-state index < -0.39 is 0 Å². The van der Waals surface area contributed by atoms with Gasteiger partial charge in [0.15, 0.2) is 0 Å². The molecule has 0 bridgehead atoms. The van der Waals surface area contributed by atoms with E-state index in [0.717, 1.165) is 22.2 Å². The molecule has 0 saturated carbocycles. The number of hydrogen-bond acceptors (Lipinski definition) is 3. The zero-order valence-electron chi connectivity index (χ0n) is 11.6. The van der Waals surface area contributed by atoms with Gasteiger partial charge in [-0.3, -0.25) is 9.89 Å². The van der Waals surface area contributed by atoms with Crippen LogP contribution in [0.3, 0.4) is 0 Å². The molecule has 0 aliphatic rings. The number of carbonyl (C=O) groups is 1. The molecule has 0 saturated heterocycles. The Balaban J connectivity index is 1.90. The van der Waals surface area contributed by atoms with Gasteiger partial charge in [0.25, 0.3) is 5.91 Å². The summed E-state index contributed by atoms with van der Waals surface area (Å²) in [5.41, 5.74) is 3.76. The van der Waals surface area contributed by atoms with Gasteiger partial charge >= 0.3 is 0 Å². The third-order valence-corrected chi connectivity index (χ3v) is 3.72. The number of pyridine rings is 1. The Bertz CT molecular complexity index is 841. The number of benzene rings is 1. The van der Waals surface area contributed by atoms with Gasteiger partial charge in [-0.1, -0.05) is 6.07 Å². The van der Waals surface area contributed by atoms with Crippen molar-refractivity contribution in [1.29, 1.82) is 0 Å². The van der Waals surface area contributed by atoms with E-state index in [9.17, 15) is 4.79 Å². The first kappa shape index (κ1) is 13.8. The second kappa shape index (κ2) is 5.29. The summed E-state index contributed by atoms with van der Waals surface area (Å²) in [7, 11) is 0. The molecular weight excluding hydrogens is 332 g/mol. The number of aromatic amines is 1.